The van der Waals surface area contributed by atoms with E-state index in [2.05, 4.69) is 0 Å². The quantitative estimate of drug-likeness (QED) is 0.189. The summed E-state index contributed by atoms with van der Waals surface area (Å²) in [6, 6.07) is 18.2. The van der Waals surface area contributed by atoms with E-state index < -0.39 is 10.8 Å². The molecule has 5 nitrogen and oxygen atoms in total. The first kappa shape index (κ1) is 27.6. The second-order valence-corrected chi connectivity index (χ2v) is 10.3. The highest BCUT2D eigenvalue weighted by molar-refractivity contribution is 5.78. The van der Waals surface area contributed by atoms with E-state index in [1.165, 1.54) is 0 Å². The summed E-state index contributed by atoms with van der Waals surface area (Å²) in [5.74, 6) is 0.667. The monoisotopic (exact) mass is 468 g/mol. The van der Waals surface area contributed by atoms with E-state index in [0.717, 1.165) is 25.7 Å². The van der Waals surface area contributed by atoms with Gasteiger partial charge >= 0.3 is 11.9 Å². The molecule has 0 spiro atoms. The van der Waals surface area contributed by atoms with Crippen molar-refractivity contribution < 1.29 is 24.2 Å². The van der Waals surface area contributed by atoms with Gasteiger partial charge in [0, 0.05) is 0 Å². The summed E-state index contributed by atoms with van der Waals surface area (Å²) in [5, 5.41) is 10.3. The van der Waals surface area contributed by atoms with E-state index in [0.29, 0.717) is 37.2 Å². The molecule has 0 aliphatic carbocycles. The number of para-hydroxylation sites is 2. The van der Waals surface area contributed by atoms with Gasteiger partial charge in [-0.05, 0) is 77.6 Å². The zero-order chi connectivity index (χ0) is 25.0. The summed E-state index contributed by atoms with van der Waals surface area (Å²) >= 11 is 0. The van der Waals surface area contributed by atoms with E-state index in [-0.39, 0.29) is 18.0 Å². The highest BCUT2D eigenvalue weighted by atomic mass is 16.5. The van der Waals surface area contributed by atoms with Crippen molar-refractivity contribution >= 4 is 11.9 Å². The fourth-order valence-electron chi connectivity index (χ4n) is 3.71. The standard InChI is InChI=1S/C29H40O5/c1-28(2,26(31)33-24-17-7-5-8-18-24)21-13-11-15-23(30)16-12-14-22-29(3,4)27(32)34-25-19-9-6-10-20-25/h5-10,17-20,23,30H,11-16,21-22H2,1-4H3. The van der Waals surface area contributed by atoms with Crippen LogP contribution in [0.4, 0.5) is 0 Å². The summed E-state index contributed by atoms with van der Waals surface area (Å²) in [5.41, 5.74) is -1.14. The molecule has 34 heavy (non-hydrogen) atoms. The van der Waals surface area contributed by atoms with Gasteiger partial charge in [-0.1, -0.05) is 62.1 Å². The number of esters is 2. The van der Waals surface area contributed by atoms with Crippen molar-refractivity contribution in [2.75, 3.05) is 0 Å². The maximum Gasteiger partial charge on any atom is 0.316 e. The molecule has 0 bridgehead atoms. The third-order valence-corrected chi connectivity index (χ3v) is 6.19. The van der Waals surface area contributed by atoms with Crippen molar-refractivity contribution in [1.82, 2.24) is 0 Å². The van der Waals surface area contributed by atoms with Gasteiger partial charge in [0.1, 0.15) is 11.5 Å². The Kier molecular flexibility index (Phi) is 10.8. The van der Waals surface area contributed by atoms with Crippen molar-refractivity contribution in [3.63, 3.8) is 0 Å². The summed E-state index contributed by atoms with van der Waals surface area (Å²) in [7, 11) is 0. The van der Waals surface area contributed by atoms with E-state index in [4.69, 9.17) is 9.47 Å². The van der Waals surface area contributed by atoms with Gasteiger partial charge in [0.15, 0.2) is 0 Å². The van der Waals surface area contributed by atoms with Gasteiger partial charge in [0.2, 0.25) is 0 Å². The predicted octanol–water partition coefficient (Wildman–Crippen LogP) is 6.73. The summed E-state index contributed by atoms with van der Waals surface area (Å²) in [6.07, 6.45) is 5.91. The van der Waals surface area contributed by atoms with Crippen LogP contribution in [0, 0.1) is 10.8 Å². The molecule has 0 fully saturated rings. The van der Waals surface area contributed by atoms with Crippen molar-refractivity contribution in [2.24, 2.45) is 10.8 Å². The van der Waals surface area contributed by atoms with E-state index >= 15 is 0 Å². The summed E-state index contributed by atoms with van der Waals surface area (Å²) in [6.45, 7) is 7.61. The first-order valence-electron chi connectivity index (χ1n) is 12.3. The summed E-state index contributed by atoms with van der Waals surface area (Å²) in [4.78, 5) is 24.9. The van der Waals surface area contributed by atoms with Crippen LogP contribution in [0.1, 0.15) is 79.1 Å². The number of unbranched alkanes of at least 4 members (excludes halogenated alkanes) is 2. The number of carbonyl (C=O) groups excluding carboxylic acids is 2. The number of hydrogen-bond acceptors (Lipinski definition) is 5. The topological polar surface area (TPSA) is 72.8 Å². The average Bonchev–Trinajstić information content (AvgIpc) is 2.81. The normalized spacial score (nSPS) is 11.9. The van der Waals surface area contributed by atoms with Crippen molar-refractivity contribution in [3.05, 3.63) is 60.7 Å². The Morgan fingerprint density at radius 1 is 0.676 bits per heavy atom. The predicted molar refractivity (Wildman–Crippen MR) is 135 cm³/mol. The first-order chi connectivity index (χ1) is 16.1. The van der Waals surface area contributed by atoms with Gasteiger partial charge < -0.3 is 14.6 Å². The Labute approximate surface area is 204 Å². The SMILES string of the molecule is CC(C)(CCCCC(O)CCCCC(C)(C)C(=O)Oc1ccccc1)C(=O)Oc1ccccc1. The fraction of sp³-hybridized carbons (Fsp3) is 0.517. The smallest absolute Gasteiger partial charge is 0.316 e. The van der Waals surface area contributed by atoms with E-state index in [1.807, 2.05) is 64.1 Å². The average molecular weight is 469 g/mol. The number of ether oxygens (including phenoxy) is 2. The minimum Gasteiger partial charge on any atom is -0.426 e. The number of benzene rings is 2. The van der Waals surface area contributed by atoms with Crippen LogP contribution in [0.3, 0.4) is 0 Å². The van der Waals surface area contributed by atoms with Crippen LogP contribution in [-0.2, 0) is 9.59 Å². The zero-order valence-corrected chi connectivity index (χ0v) is 21.1. The summed E-state index contributed by atoms with van der Waals surface area (Å²) < 4.78 is 11.0. The van der Waals surface area contributed by atoms with Crippen LogP contribution in [0.25, 0.3) is 0 Å². The number of aliphatic hydroxyl groups excluding tert-OH is 1. The molecule has 0 unspecified atom stereocenters. The molecule has 0 saturated heterocycles. The van der Waals surface area contributed by atoms with Crippen molar-refractivity contribution in [2.45, 2.75) is 85.2 Å². The Morgan fingerprint density at radius 2 is 1.03 bits per heavy atom. The lowest BCUT2D eigenvalue weighted by molar-refractivity contribution is -0.145. The van der Waals surface area contributed by atoms with Crippen molar-refractivity contribution in [3.8, 4) is 11.5 Å². The van der Waals surface area contributed by atoms with Gasteiger partial charge in [-0.3, -0.25) is 9.59 Å². The maximum atomic E-state index is 12.5. The lowest BCUT2D eigenvalue weighted by Crippen LogP contribution is -2.29. The molecule has 1 N–H and O–H groups in total. The number of hydrogen-bond donors (Lipinski definition) is 1. The largest absolute Gasteiger partial charge is 0.426 e. The van der Waals surface area contributed by atoms with Crippen LogP contribution < -0.4 is 9.47 Å². The van der Waals surface area contributed by atoms with Gasteiger partial charge in [-0.15, -0.1) is 0 Å². The maximum absolute atomic E-state index is 12.5. The molecule has 0 heterocycles. The highest BCUT2D eigenvalue weighted by Crippen LogP contribution is 2.29. The molecule has 0 radical (unpaired) electrons. The van der Waals surface area contributed by atoms with Crippen LogP contribution >= 0.6 is 0 Å². The van der Waals surface area contributed by atoms with E-state index in [9.17, 15) is 14.7 Å². The molecular formula is C29H40O5. The molecule has 0 amide bonds. The molecule has 5 heteroatoms. The molecule has 0 aliphatic heterocycles. The fourth-order valence-corrected chi connectivity index (χ4v) is 3.71. The molecule has 2 rings (SSSR count). The third-order valence-electron chi connectivity index (χ3n) is 6.19. The van der Waals surface area contributed by atoms with Crippen LogP contribution in [0.5, 0.6) is 11.5 Å². The van der Waals surface area contributed by atoms with Crippen LogP contribution in [0.2, 0.25) is 0 Å². The van der Waals surface area contributed by atoms with Crippen LogP contribution in [-0.4, -0.2) is 23.1 Å². The molecule has 186 valence electrons. The van der Waals surface area contributed by atoms with Crippen LogP contribution in [0.15, 0.2) is 60.7 Å². The molecule has 0 atom stereocenters. The van der Waals surface area contributed by atoms with Gasteiger partial charge in [0.25, 0.3) is 0 Å². The van der Waals surface area contributed by atoms with Gasteiger partial charge in [-0.25, -0.2) is 0 Å². The third kappa shape index (κ3) is 9.68. The molecule has 0 aromatic heterocycles. The minimum atomic E-state index is -0.569. The molecule has 2 aromatic rings. The highest BCUT2D eigenvalue weighted by Gasteiger charge is 2.30. The first-order valence-corrected chi connectivity index (χ1v) is 12.3. The van der Waals surface area contributed by atoms with E-state index in [1.54, 1.807) is 24.3 Å². The zero-order valence-electron chi connectivity index (χ0n) is 21.1. The Morgan fingerprint density at radius 3 is 1.38 bits per heavy atom. The Bertz CT molecular complexity index is 800. The second kappa shape index (κ2) is 13.3. The second-order valence-electron chi connectivity index (χ2n) is 10.3. The Balaban J connectivity index is 1.60. The lowest BCUT2D eigenvalue weighted by Gasteiger charge is -2.23. The minimum absolute atomic E-state index is 0.229. The van der Waals surface area contributed by atoms with Gasteiger partial charge in [0.05, 0.1) is 16.9 Å². The van der Waals surface area contributed by atoms with Gasteiger partial charge in [-0.2, -0.15) is 0 Å². The number of rotatable bonds is 14. The molecular weight excluding hydrogens is 428 g/mol. The number of carbonyl (C=O) groups is 2. The van der Waals surface area contributed by atoms with Crippen molar-refractivity contribution in [1.29, 1.82) is 0 Å². The number of aliphatic hydroxyl groups is 1. The molecule has 0 aliphatic rings. The molecule has 2 aromatic carbocycles. The lowest BCUT2D eigenvalue weighted by atomic mass is 9.86. The Hall–Kier alpha value is -2.66. The molecule has 0 saturated carbocycles.